The van der Waals surface area contributed by atoms with Gasteiger partial charge in [0.25, 0.3) is 0 Å². The molecular formula is C28H54O4. The van der Waals surface area contributed by atoms with E-state index in [0.29, 0.717) is 25.9 Å². The molecule has 0 spiro atoms. The summed E-state index contributed by atoms with van der Waals surface area (Å²) in [6.07, 6.45) is 23.5. The molecule has 0 aliphatic rings. The van der Waals surface area contributed by atoms with E-state index in [4.69, 9.17) is 9.47 Å². The van der Waals surface area contributed by atoms with E-state index in [-0.39, 0.29) is 18.0 Å². The molecule has 32 heavy (non-hydrogen) atoms. The van der Waals surface area contributed by atoms with E-state index in [1.165, 1.54) is 77.0 Å². The zero-order valence-corrected chi connectivity index (χ0v) is 21.8. The quantitative estimate of drug-likeness (QED) is 0.108. The molecule has 0 aromatic heterocycles. The van der Waals surface area contributed by atoms with Crippen molar-refractivity contribution in [2.24, 2.45) is 0 Å². The Morgan fingerprint density at radius 3 is 1.44 bits per heavy atom. The first-order chi connectivity index (χ1) is 15.6. The molecule has 0 saturated carbocycles. The molecule has 0 fully saturated rings. The molecule has 4 nitrogen and oxygen atoms in total. The van der Waals surface area contributed by atoms with E-state index < -0.39 is 0 Å². The van der Waals surface area contributed by atoms with Gasteiger partial charge in [0.2, 0.25) is 0 Å². The Balaban J connectivity index is 3.40. The van der Waals surface area contributed by atoms with Gasteiger partial charge in [-0.3, -0.25) is 9.59 Å². The Morgan fingerprint density at radius 1 is 0.531 bits per heavy atom. The molecule has 0 aliphatic heterocycles. The van der Waals surface area contributed by atoms with Gasteiger partial charge < -0.3 is 9.47 Å². The molecule has 4 heteroatoms. The lowest BCUT2D eigenvalue weighted by Crippen LogP contribution is -2.18. The van der Waals surface area contributed by atoms with Crippen LogP contribution in [0, 0.1) is 0 Å². The Morgan fingerprint density at radius 2 is 0.969 bits per heavy atom. The SMILES string of the molecule is CCCCCCCCCCCCCCCCOC(=O)CCCC(=O)OC(CCC)CCC. The van der Waals surface area contributed by atoms with Crippen molar-refractivity contribution in [2.45, 2.75) is 162 Å². The Bertz CT molecular complexity index is 416. The van der Waals surface area contributed by atoms with Gasteiger partial charge in [-0.15, -0.1) is 0 Å². The lowest BCUT2D eigenvalue weighted by atomic mass is 10.0. The highest BCUT2D eigenvalue weighted by molar-refractivity contribution is 5.72. The minimum absolute atomic E-state index is 0.0322. The maximum Gasteiger partial charge on any atom is 0.306 e. The standard InChI is InChI=1S/C28H54O4/c1-4-7-8-9-10-11-12-13-14-15-16-17-18-19-25-31-27(29)23-20-24-28(30)32-26(21-5-2)22-6-3/h26H,4-25H2,1-3H3. The summed E-state index contributed by atoms with van der Waals surface area (Å²) in [4.78, 5) is 23.7. The predicted molar refractivity (Wildman–Crippen MR) is 135 cm³/mol. The molecule has 0 heterocycles. The first-order valence-corrected chi connectivity index (χ1v) is 14.0. The highest BCUT2D eigenvalue weighted by Crippen LogP contribution is 2.14. The minimum atomic E-state index is -0.189. The number of unbranched alkanes of at least 4 members (excludes halogenated alkanes) is 13. The van der Waals surface area contributed by atoms with Gasteiger partial charge in [-0.05, 0) is 25.7 Å². The van der Waals surface area contributed by atoms with Crippen LogP contribution in [-0.4, -0.2) is 24.6 Å². The topological polar surface area (TPSA) is 52.6 Å². The van der Waals surface area contributed by atoms with Gasteiger partial charge in [0.1, 0.15) is 6.10 Å². The Kier molecular flexibility index (Phi) is 23.8. The van der Waals surface area contributed by atoms with Crippen LogP contribution in [0.4, 0.5) is 0 Å². The number of esters is 2. The van der Waals surface area contributed by atoms with Crippen LogP contribution in [0.15, 0.2) is 0 Å². The van der Waals surface area contributed by atoms with E-state index >= 15 is 0 Å². The van der Waals surface area contributed by atoms with E-state index in [2.05, 4.69) is 20.8 Å². The van der Waals surface area contributed by atoms with Gasteiger partial charge in [0.15, 0.2) is 0 Å². The highest BCUT2D eigenvalue weighted by atomic mass is 16.5. The monoisotopic (exact) mass is 454 g/mol. The summed E-state index contributed by atoms with van der Waals surface area (Å²) >= 11 is 0. The highest BCUT2D eigenvalue weighted by Gasteiger charge is 2.13. The summed E-state index contributed by atoms with van der Waals surface area (Å²) in [6, 6.07) is 0. The normalized spacial score (nSPS) is 11.1. The number of hydrogen-bond donors (Lipinski definition) is 0. The van der Waals surface area contributed by atoms with Gasteiger partial charge in [-0.25, -0.2) is 0 Å². The second-order valence-electron chi connectivity index (χ2n) is 9.36. The van der Waals surface area contributed by atoms with Crippen LogP contribution in [0.5, 0.6) is 0 Å². The summed E-state index contributed by atoms with van der Waals surface area (Å²) < 4.78 is 10.8. The first-order valence-electron chi connectivity index (χ1n) is 14.0. The van der Waals surface area contributed by atoms with Gasteiger partial charge in [0.05, 0.1) is 6.61 Å². The fourth-order valence-electron chi connectivity index (χ4n) is 4.08. The first kappa shape index (κ1) is 30.9. The number of carbonyl (C=O) groups is 2. The van der Waals surface area contributed by atoms with E-state index in [0.717, 1.165) is 38.5 Å². The number of ether oxygens (including phenoxy) is 2. The van der Waals surface area contributed by atoms with Crippen LogP contribution in [0.2, 0.25) is 0 Å². The molecule has 0 atom stereocenters. The summed E-state index contributed by atoms with van der Waals surface area (Å²) in [5.74, 6) is -0.372. The van der Waals surface area contributed by atoms with E-state index in [1.807, 2.05) is 0 Å². The molecule has 0 N–H and O–H groups in total. The zero-order valence-electron chi connectivity index (χ0n) is 21.8. The average molecular weight is 455 g/mol. The van der Waals surface area contributed by atoms with Crippen LogP contribution < -0.4 is 0 Å². The summed E-state index contributed by atoms with van der Waals surface area (Å²) in [6.45, 7) is 6.98. The van der Waals surface area contributed by atoms with Crippen LogP contribution in [0.1, 0.15) is 156 Å². The minimum Gasteiger partial charge on any atom is -0.466 e. The second-order valence-corrected chi connectivity index (χ2v) is 9.36. The summed E-state index contributed by atoms with van der Waals surface area (Å²) in [5.41, 5.74) is 0. The Hall–Kier alpha value is -1.06. The number of hydrogen-bond acceptors (Lipinski definition) is 4. The fourth-order valence-corrected chi connectivity index (χ4v) is 4.08. The third-order valence-electron chi connectivity index (χ3n) is 6.04. The Labute approximate surface area is 199 Å². The van der Waals surface area contributed by atoms with Crippen LogP contribution in [0.25, 0.3) is 0 Å². The molecule has 0 unspecified atom stereocenters. The lowest BCUT2D eigenvalue weighted by molar-refractivity contribution is -0.150. The molecule has 0 rings (SSSR count). The van der Waals surface area contributed by atoms with Gasteiger partial charge in [-0.2, -0.15) is 0 Å². The van der Waals surface area contributed by atoms with E-state index in [9.17, 15) is 9.59 Å². The van der Waals surface area contributed by atoms with Crippen molar-refractivity contribution in [1.82, 2.24) is 0 Å². The zero-order chi connectivity index (χ0) is 23.7. The molecule has 190 valence electrons. The third-order valence-corrected chi connectivity index (χ3v) is 6.04. The van der Waals surface area contributed by atoms with E-state index in [1.54, 1.807) is 0 Å². The van der Waals surface area contributed by atoms with Crippen molar-refractivity contribution in [1.29, 1.82) is 0 Å². The lowest BCUT2D eigenvalue weighted by Gasteiger charge is -2.16. The average Bonchev–Trinajstić information content (AvgIpc) is 2.76. The summed E-state index contributed by atoms with van der Waals surface area (Å²) in [7, 11) is 0. The molecule has 0 aliphatic carbocycles. The second kappa shape index (κ2) is 24.6. The fraction of sp³-hybridized carbons (Fsp3) is 0.929. The number of carbonyl (C=O) groups excluding carboxylic acids is 2. The van der Waals surface area contributed by atoms with Crippen molar-refractivity contribution in [3.05, 3.63) is 0 Å². The molecule has 0 aromatic rings. The van der Waals surface area contributed by atoms with Gasteiger partial charge in [0, 0.05) is 12.8 Å². The maximum absolute atomic E-state index is 11.9. The van der Waals surface area contributed by atoms with Gasteiger partial charge >= 0.3 is 11.9 Å². The maximum atomic E-state index is 11.9. The molecule has 0 saturated heterocycles. The van der Waals surface area contributed by atoms with Crippen LogP contribution >= 0.6 is 0 Å². The third kappa shape index (κ3) is 22.1. The smallest absolute Gasteiger partial charge is 0.306 e. The summed E-state index contributed by atoms with van der Waals surface area (Å²) in [5, 5.41) is 0. The van der Waals surface area contributed by atoms with Crippen molar-refractivity contribution in [3.8, 4) is 0 Å². The largest absolute Gasteiger partial charge is 0.466 e. The van der Waals surface area contributed by atoms with Crippen molar-refractivity contribution in [3.63, 3.8) is 0 Å². The van der Waals surface area contributed by atoms with Crippen molar-refractivity contribution in [2.75, 3.05) is 6.61 Å². The molecular weight excluding hydrogens is 400 g/mol. The number of rotatable bonds is 24. The van der Waals surface area contributed by atoms with Crippen molar-refractivity contribution < 1.29 is 19.1 Å². The molecule has 0 aromatic carbocycles. The molecule has 0 radical (unpaired) electrons. The van der Waals surface area contributed by atoms with Crippen LogP contribution in [-0.2, 0) is 19.1 Å². The molecule has 0 bridgehead atoms. The predicted octanol–water partition coefficient (Wildman–Crippen LogP) is 8.69. The van der Waals surface area contributed by atoms with Gasteiger partial charge in [-0.1, -0.05) is 117 Å². The molecule has 0 amide bonds. The van der Waals surface area contributed by atoms with Crippen LogP contribution in [0.3, 0.4) is 0 Å². The van der Waals surface area contributed by atoms with Crippen molar-refractivity contribution >= 4 is 11.9 Å².